The highest BCUT2D eigenvalue weighted by Crippen LogP contribution is 2.24. The summed E-state index contributed by atoms with van der Waals surface area (Å²) in [7, 11) is 0. The monoisotopic (exact) mass is 264 g/mol. The lowest BCUT2D eigenvalue weighted by molar-refractivity contribution is 0.220. The first kappa shape index (κ1) is 14.5. The van der Waals surface area contributed by atoms with Crippen LogP contribution in [0.25, 0.3) is 0 Å². The highest BCUT2D eigenvalue weighted by molar-refractivity contribution is 5.21. The fourth-order valence-corrected chi connectivity index (χ4v) is 3.11. The molecule has 106 valence electrons. The molecule has 1 aromatic rings. The van der Waals surface area contributed by atoms with E-state index < -0.39 is 0 Å². The van der Waals surface area contributed by atoms with Gasteiger partial charge in [0.15, 0.2) is 0 Å². The SMILES string of the molecule is CCNC(CN1CCCC1CC)c1ccccc1F. The van der Waals surface area contributed by atoms with Crippen molar-refractivity contribution < 1.29 is 4.39 Å². The predicted molar refractivity (Wildman–Crippen MR) is 77.7 cm³/mol. The maximum Gasteiger partial charge on any atom is 0.128 e. The lowest BCUT2D eigenvalue weighted by Crippen LogP contribution is -2.38. The number of likely N-dealkylation sites (tertiary alicyclic amines) is 1. The van der Waals surface area contributed by atoms with Crippen LogP contribution >= 0.6 is 0 Å². The lowest BCUT2D eigenvalue weighted by Gasteiger charge is -2.29. The van der Waals surface area contributed by atoms with Crippen LogP contribution in [-0.4, -0.2) is 30.6 Å². The van der Waals surface area contributed by atoms with Gasteiger partial charge in [0.1, 0.15) is 5.82 Å². The van der Waals surface area contributed by atoms with E-state index in [1.54, 1.807) is 12.1 Å². The van der Waals surface area contributed by atoms with Crippen LogP contribution < -0.4 is 5.32 Å². The fourth-order valence-electron chi connectivity index (χ4n) is 3.11. The molecule has 1 saturated heterocycles. The van der Waals surface area contributed by atoms with E-state index in [4.69, 9.17) is 0 Å². The average molecular weight is 264 g/mol. The molecule has 19 heavy (non-hydrogen) atoms. The van der Waals surface area contributed by atoms with E-state index in [9.17, 15) is 4.39 Å². The summed E-state index contributed by atoms with van der Waals surface area (Å²) in [5, 5.41) is 3.43. The molecule has 1 N–H and O–H groups in total. The Morgan fingerprint density at radius 3 is 2.84 bits per heavy atom. The highest BCUT2D eigenvalue weighted by Gasteiger charge is 2.26. The van der Waals surface area contributed by atoms with E-state index in [2.05, 4.69) is 24.1 Å². The van der Waals surface area contributed by atoms with Gasteiger partial charge in [0.25, 0.3) is 0 Å². The van der Waals surface area contributed by atoms with Gasteiger partial charge in [-0.1, -0.05) is 32.0 Å². The Morgan fingerprint density at radius 2 is 2.16 bits per heavy atom. The van der Waals surface area contributed by atoms with E-state index in [1.807, 2.05) is 12.1 Å². The molecular formula is C16H25FN2. The van der Waals surface area contributed by atoms with Gasteiger partial charge in [-0.15, -0.1) is 0 Å². The van der Waals surface area contributed by atoms with Crippen molar-refractivity contribution in [3.05, 3.63) is 35.6 Å². The third kappa shape index (κ3) is 3.54. The molecule has 1 aliphatic rings. The molecule has 2 rings (SSSR count). The minimum atomic E-state index is -0.0966. The van der Waals surface area contributed by atoms with Crippen LogP contribution in [0, 0.1) is 5.82 Å². The zero-order valence-electron chi connectivity index (χ0n) is 12.0. The third-order valence-corrected chi connectivity index (χ3v) is 4.12. The predicted octanol–water partition coefficient (Wildman–Crippen LogP) is 3.35. The zero-order chi connectivity index (χ0) is 13.7. The number of hydrogen-bond acceptors (Lipinski definition) is 2. The standard InChI is InChI=1S/C16H25FN2/c1-3-13-8-7-11-19(13)12-16(18-4-2)14-9-5-6-10-15(14)17/h5-6,9-10,13,16,18H,3-4,7-8,11-12H2,1-2H3. The normalized spacial score (nSPS) is 21.7. The summed E-state index contributed by atoms with van der Waals surface area (Å²) in [5.41, 5.74) is 0.797. The van der Waals surface area contributed by atoms with Crippen LogP contribution in [0.2, 0.25) is 0 Å². The van der Waals surface area contributed by atoms with Crippen molar-refractivity contribution in [3.8, 4) is 0 Å². The summed E-state index contributed by atoms with van der Waals surface area (Å²) in [6, 6.07) is 7.91. The quantitative estimate of drug-likeness (QED) is 0.847. The molecule has 0 spiro atoms. The summed E-state index contributed by atoms with van der Waals surface area (Å²) in [4.78, 5) is 2.51. The van der Waals surface area contributed by atoms with Crippen molar-refractivity contribution in [1.82, 2.24) is 10.2 Å². The number of hydrogen-bond donors (Lipinski definition) is 1. The molecule has 0 aromatic heterocycles. The van der Waals surface area contributed by atoms with Crippen molar-refractivity contribution in [2.45, 2.75) is 45.2 Å². The van der Waals surface area contributed by atoms with Gasteiger partial charge >= 0.3 is 0 Å². The topological polar surface area (TPSA) is 15.3 Å². The zero-order valence-corrected chi connectivity index (χ0v) is 12.0. The summed E-state index contributed by atoms with van der Waals surface area (Å²) in [6.07, 6.45) is 3.75. The Bertz CT molecular complexity index is 394. The number of halogens is 1. The molecule has 0 radical (unpaired) electrons. The minimum absolute atomic E-state index is 0.0957. The second-order valence-electron chi connectivity index (χ2n) is 5.33. The summed E-state index contributed by atoms with van der Waals surface area (Å²) < 4.78 is 14.0. The van der Waals surface area contributed by atoms with E-state index in [0.717, 1.165) is 25.2 Å². The van der Waals surface area contributed by atoms with Crippen molar-refractivity contribution in [3.63, 3.8) is 0 Å². The molecule has 1 aromatic carbocycles. The Balaban J connectivity index is 2.10. The summed E-state index contributed by atoms with van der Waals surface area (Å²) in [5.74, 6) is -0.0966. The van der Waals surface area contributed by atoms with Crippen molar-refractivity contribution >= 4 is 0 Å². The Morgan fingerprint density at radius 1 is 1.37 bits per heavy atom. The van der Waals surface area contributed by atoms with Gasteiger partial charge in [-0.2, -0.15) is 0 Å². The van der Waals surface area contributed by atoms with Gasteiger partial charge in [0.2, 0.25) is 0 Å². The molecule has 1 aliphatic heterocycles. The summed E-state index contributed by atoms with van der Waals surface area (Å²) >= 11 is 0. The maximum absolute atomic E-state index is 14.0. The van der Waals surface area contributed by atoms with Gasteiger partial charge < -0.3 is 5.32 Å². The first-order valence-electron chi connectivity index (χ1n) is 7.48. The molecule has 1 heterocycles. The maximum atomic E-state index is 14.0. The molecule has 1 fully saturated rings. The van der Waals surface area contributed by atoms with Crippen LogP contribution in [0.5, 0.6) is 0 Å². The molecular weight excluding hydrogens is 239 g/mol. The van der Waals surface area contributed by atoms with Crippen LogP contribution in [0.3, 0.4) is 0 Å². The van der Waals surface area contributed by atoms with E-state index in [-0.39, 0.29) is 11.9 Å². The molecule has 3 heteroatoms. The highest BCUT2D eigenvalue weighted by atomic mass is 19.1. The Labute approximate surface area is 116 Å². The van der Waals surface area contributed by atoms with E-state index in [0.29, 0.717) is 6.04 Å². The van der Waals surface area contributed by atoms with Gasteiger partial charge in [0.05, 0.1) is 0 Å². The van der Waals surface area contributed by atoms with Gasteiger partial charge in [-0.25, -0.2) is 4.39 Å². The Kier molecular flexibility index (Phi) is 5.34. The molecule has 2 nitrogen and oxygen atoms in total. The van der Waals surface area contributed by atoms with Gasteiger partial charge in [0, 0.05) is 24.2 Å². The van der Waals surface area contributed by atoms with Crippen molar-refractivity contribution in [1.29, 1.82) is 0 Å². The van der Waals surface area contributed by atoms with Crippen LogP contribution in [0.4, 0.5) is 4.39 Å². The third-order valence-electron chi connectivity index (χ3n) is 4.12. The first-order chi connectivity index (χ1) is 9.26. The average Bonchev–Trinajstić information content (AvgIpc) is 2.86. The van der Waals surface area contributed by atoms with Crippen LogP contribution in [0.15, 0.2) is 24.3 Å². The van der Waals surface area contributed by atoms with Crippen molar-refractivity contribution in [2.75, 3.05) is 19.6 Å². The fraction of sp³-hybridized carbons (Fsp3) is 0.625. The molecule has 2 unspecified atom stereocenters. The molecule has 0 bridgehead atoms. The second-order valence-corrected chi connectivity index (χ2v) is 5.33. The van der Waals surface area contributed by atoms with Crippen LogP contribution in [0.1, 0.15) is 44.7 Å². The number of rotatable bonds is 6. The molecule has 0 amide bonds. The van der Waals surface area contributed by atoms with E-state index >= 15 is 0 Å². The summed E-state index contributed by atoms with van der Waals surface area (Å²) in [6.45, 7) is 7.25. The number of benzene rings is 1. The molecule has 0 saturated carbocycles. The van der Waals surface area contributed by atoms with Gasteiger partial charge in [-0.3, -0.25) is 4.90 Å². The number of nitrogens with one attached hydrogen (secondary N) is 1. The smallest absolute Gasteiger partial charge is 0.128 e. The largest absolute Gasteiger partial charge is 0.309 e. The lowest BCUT2D eigenvalue weighted by atomic mass is 10.0. The molecule has 0 aliphatic carbocycles. The van der Waals surface area contributed by atoms with Crippen molar-refractivity contribution in [2.24, 2.45) is 0 Å². The van der Waals surface area contributed by atoms with Gasteiger partial charge in [-0.05, 0) is 38.4 Å². The number of nitrogens with zero attached hydrogens (tertiary/aromatic N) is 1. The minimum Gasteiger partial charge on any atom is -0.309 e. The molecule has 2 atom stereocenters. The first-order valence-corrected chi connectivity index (χ1v) is 7.48. The van der Waals surface area contributed by atoms with E-state index in [1.165, 1.54) is 19.3 Å². The Hall–Kier alpha value is -0.930. The second kappa shape index (κ2) is 7.01. The number of likely N-dealkylation sites (N-methyl/N-ethyl adjacent to an activating group) is 1. The van der Waals surface area contributed by atoms with Crippen LogP contribution in [-0.2, 0) is 0 Å².